The van der Waals surface area contributed by atoms with Gasteiger partial charge in [-0.2, -0.15) is 0 Å². The van der Waals surface area contributed by atoms with Crippen LogP contribution < -0.4 is 10.5 Å². The molecule has 0 unspecified atom stereocenters. The largest absolute Gasteiger partial charge is 0.378 e. The molecule has 156 valence electrons. The number of nitrogens with zero attached hydrogens (tertiary/aromatic N) is 4. The minimum Gasteiger partial charge on any atom is -0.378 e. The van der Waals surface area contributed by atoms with Gasteiger partial charge in [0.25, 0.3) is 5.56 Å². The minimum atomic E-state index is 0.0138. The van der Waals surface area contributed by atoms with Crippen LogP contribution in [0.25, 0.3) is 10.9 Å². The summed E-state index contributed by atoms with van der Waals surface area (Å²) in [6, 6.07) is 15.9. The van der Waals surface area contributed by atoms with E-state index in [-0.39, 0.29) is 17.5 Å². The van der Waals surface area contributed by atoms with E-state index in [0.717, 1.165) is 29.9 Å². The first-order valence-electron chi connectivity index (χ1n) is 10.4. The molecule has 3 aromatic rings. The first-order valence-corrected chi connectivity index (χ1v) is 10.4. The molecule has 0 spiro atoms. The van der Waals surface area contributed by atoms with Crippen LogP contribution in [0.15, 0.2) is 53.3 Å². The quantitative estimate of drug-likeness (QED) is 0.606. The van der Waals surface area contributed by atoms with Gasteiger partial charge in [-0.25, -0.2) is 4.98 Å². The Morgan fingerprint density at radius 3 is 2.43 bits per heavy atom. The number of anilines is 1. The molecule has 0 bridgehead atoms. The van der Waals surface area contributed by atoms with Crippen molar-refractivity contribution < 1.29 is 4.79 Å². The highest BCUT2D eigenvalue weighted by Crippen LogP contribution is 2.35. The maximum Gasteiger partial charge on any atom is 0.261 e. The van der Waals surface area contributed by atoms with Crippen LogP contribution in [0.2, 0.25) is 0 Å². The standard InChI is InChI=1S/C24H28N4O2/c1-26(2)18-10-8-17(9-11-18)16-27(3)23(29)15-14-22-25-21-7-5-4-6-20(21)24(30)28(22)19-12-13-19/h4-11,19H,12-16H2,1-3H3. The van der Waals surface area contributed by atoms with Crippen molar-refractivity contribution in [2.24, 2.45) is 0 Å². The number of para-hydroxylation sites is 1. The van der Waals surface area contributed by atoms with E-state index in [1.807, 2.05) is 50.0 Å². The zero-order valence-electron chi connectivity index (χ0n) is 17.8. The van der Waals surface area contributed by atoms with Crippen LogP contribution in [0.3, 0.4) is 0 Å². The number of benzene rings is 2. The number of rotatable bonds is 7. The summed E-state index contributed by atoms with van der Waals surface area (Å²) < 4.78 is 1.82. The van der Waals surface area contributed by atoms with Gasteiger partial charge in [0.05, 0.1) is 10.9 Å². The summed E-state index contributed by atoms with van der Waals surface area (Å²) in [5.74, 6) is 0.773. The molecule has 6 heteroatoms. The molecule has 1 saturated carbocycles. The first kappa shape index (κ1) is 20.1. The molecule has 1 amide bonds. The molecule has 1 heterocycles. The molecule has 0 N–H and O–H groups in total. The number of fused-ring (bicyclic) bond motifs is 1. The molecule has 4 rings (SSSR count). The minimum absolute atomic E-state index is 0.0138. The van der Waals surface area contributed by atoms with Gasteiger partial charge in [0.15, 0.2) is 0 Å². The Morgan fingerprint density at radius 2 is 1.77 bits per heavy atom. The molecule has 1 aliphatic carbocycles. The summed E-state index contributed by atoms with van der Waals surface area (Å²) in [5.41, 5.74) is 2.94. The molecule has 0 radical (unpaired) electrons. The molecular formula is C24H28N4O2. The lowest BCUT2D eigenvalue weighted by Gasteiger charge is -2.19. The number of hydrogen-bond acceptors (Lipinski definition) is 4. The molecular weight excluding hydrogens is 376 g/mol. The van der Waals surface area contributed by atoms with E-state index < -0.39 is 0 Å². The van der Waals surface area contributed by atoms with E-state index in [2.05, 4.69) is 29.2 Å². The second-order valence-corrected chi connectivity index (χ2v) is 8.26. The molecule has 2 aromatic carbocycles. The van der Waals surface area contributed by atoms with Crippen molar-refractivity contribution >= 4 is 22.5 Å². The van der Waals surface area contributed by atoms with Crippen molar-refractivity contribution in [2.45, 2.75) is 38.3 Å². The van der Waals surface area contributed by atoms with E-state index in [1.54, 1.807) is 4.90 Å². The third-order valence-electron chi connectivity index (χ3n) is 5.65. The van der Waals surface area contributed by atoms with E-state index in [9.17, 15) is 9.59 Å². The average Bonchev–Trinajstić information content (AvgIpc) is 3.57. The lowest BCUT2D eigenvalue weighted by molar-refractivity contribution is -0.130. The monoisotopic (exact) mass is 404 g/mol. The number of amides is 1. The van der Waals surface area contributed by atoms with Crippen LogP contribution in [0, 0.1) is 0 Å². The van der Waals surface area contributed by atoms with E-state index in [0.29, 0.717) is 30.3 Å². The third kappa shape index (κ3) is 4.22. The molecule has 6 nitrogen and oxygen atoms in total. The van der Waals surface area contributed by atoms with Crippen LogP contribution in [0.5, 0.6) is 0 Å². The number of carbonyl (C=O) groups is 1. The Morgan fingerprint density at radius 1 is 1.07 bits per heavy atom. The fourth-order valence-corrected chi connectivity index (χ4v) is 3.75. The molecule has 0 atom stereocenters. The van der Waals surface area contributed by atoms with Gasteiger partial charge in [-0.3, -0.25) is 14.2 Å². The predicted molar refractivity (Wildman–Crippen MR) is 120 cm³/mol. The maximum absolute atomic E-state index is 13.0. The molecule has 0 aliphatic heterocycles. The van der Waals surface area contributed by atoms with Crippen LogP contribution in [0.4, 0.5) is 5.69 Å². The Labute approximate surface area is 176 Å². The van der Waals surface area contributed by atoms with Gasteiger partial charge >= 0.3 is 0 Å². The summed E-state index contributed by atoms with van der Waals surface area (Å²) in [4.78, 5) is 34.2. The number of carbonyl (C=O) groups excluding carboxylic acids is 1. The van der Waals surface area contributed by atoms with Crippen LogP contribution in [0.1, 0.15) is 36.7 Å². The lowest BCUT2D eigenvalue weighted by atomic mass is 10.1. The topological polar surface area (TPSA) is 58.4 Å². The predicted octanol–water partition coefficient (Wildman–Crippen LogP) is 3.39. The van der Waals surface area contributed by atoms with Crippen molar-refractivity contribution in [2.75, 3.05) is 26.0 Å². The fraction of sp³-hybridized carbons (Fsp3) is 0.375. The van der Waals surface area contributed by atoms with Gasteiger partial charge in [-0.1, -0.05) is 24.3 Å². The fourth-order valence-electron chi connectivity index (χ4n) is 3.75. The van der Waals surface area contributed by atoms with Crippen molar-refractivity contribution in [3.63, 3.8) is 0 Å². The third-order valence-corrected chi connectivity index (χ3v) is 5.65. The van der Waals surface area contributed by atoms with Gasteiger partial charge in [-0.15, -0.1) is 0 Å². The highest BCUT2D eigenvalue weighted by atomic mass is 16.2. The summed E-state index contributed by atoms with van der Waals surface area (Å²) in [7, 11) is 5.84. The molecule has 30 heavy (non-hydrogen) atoms. The zero-order chi connectivity index (χ0) is 21.3. The highest BCUT2D eigenvalue weighted by molar-refractivity contribution is 5.78. The van der Waals surface area contributed by atoms with Crippen LogP contribution in [-0.2, 0) is 17.8 Å². The van der Waals surface area contributed by atoms with E-state index in [1.165, 1.54) is 0 Å². The molecule has 1 aliphatic rings. The number of aromatic nitrogens is 2. The SMILES string of the molecule is CN(Cc1ccc(N(C)C)cc1)C(=O)CCc1nc2ccccc2c(=O)n1C1CC1. The van der Waals surface area contributed by atoms with Crippen molar-refractivity contribution in [1.82, 2.24) is 14.5 Å². The normalized spacial score (nSPS) is 13.4. The van der Waals surface area contributed by atoms with Gasteiger partial charge in [0, 0.05) is 52.3 Å². The highest BCUT2D eigenvalue weighted by Gasteiger charge is 2.28. The Hall–Kier alpha value is -3.15. The summed E-state index contributed by atoms with van der Waals surface area (Å²) >= 11 is 0. The summed E-state index contributed by atoms with van der Waals surface area (Å²) in [6.07, 6.45) is 2.82. The Kier molecular flexibility index (Phi) is 5.57. The van der Waals surface area contributed by atoms with E-state index >= 15 is 0 Å². The van der Waals surface area contributed by atoms with Crippen LogP contribution >= 0.6 is 0 Å². The van der Waals surface area contributed by atoms with Gasteiger partial charge in [0.2, 0.25) is 5.91 Å². The summed E-state index contributed by atoms with van der Waals surface area (Å²) in [5, 5.41) is 0.651. The number of aryl methyl sites for hydroxylation is 1. The van der Waals surface area contributed by atoms with Crippen LogP contribution in [-0.4, -0.2) is 41.5 Å². The maximum atomic E-state index is 13.0. The average molecular weight is 405 g/mol. The first-order chi connectivity index (χ1) is 14.4. The second-order valence-electron chi connectivity index (χ2n) is 8.26. The summed E-state index contributed by atoms with van der Waals surface area (Å²) in [6.45, 7) is 0.563. The second kappa shape index (κ2) is 8.30. The van der Waals surface area contributed by atoms with E-state index in [4.69, 9.17) is 4.98 Å². The Bertz CT molecular complexity index is 1110. The number of hydrogen-bond donors (Lipinski definition) is 0. The zero-order valence-corrected chi connectivity index (χ0v) is 17.8. The van der Waals surface area contributed by atoms with Gasteiger partial charge in [0.1, 0.15) is 5.82 Å². The smallest absolute Gasteiger partial charge is 0.261 e. The molecule has 1 fully saturated rings. The van der Waals surface area contributed by atoms with Gasteiger partial charge in [-0.05, 0) is 42.7 Å². The molecule has 1 aromatic heterocycles. The van der Waals surface area contributed by atoms with Crippen molar-refractivity contribution in [3.8, 4) is 0 Å². The molecule has 0 saturated heterocycles. The lowest BCUT2D eigenvalue weighted by Crippen LogP contribution is -2.29. The van der Waals surface area contributed by atoms with Crippen molar-refractivity contribution in [1.29, 1.82) is 0 Å². The Balaban J connectivity index is 1.46. The van der Waals surface area contributed by atoms with Crippen molar-refractivity contribution in [3.05, 3.63) is 70.3 Å². The van der Waals surface area contributed by atoms with Gasteiger partial charge < -0.3 is 9.80 Å².